The van der Waals surface area contributed by atoms with Crippen molar-refractivity contribution >= 4 is 11.2 Å². The summed E-state index contributed by atoms with van der Waals surface area (Å²) in [7, 11) is 1.63. The lowest BCUT2D eigenvalue weighted by molar-refractivity contribution is 0.286. The summed E-state index contributed by atoms with van der Waals surface area (Å²) in [6.45, 7) is 7.04. The zero-order chi connectivity index (χ0) is 19.4. The Balaban J connectivity index is 2.03. The number of aromatic nitrogens is 4. The molecular weight excluding hydrogens is 344 g/mol. The average molecular weight is 370 g/mol. The molecule has 3 aromatic rings. The molecule has 0 saturated carbocycles. The Labute approximate surface area is 158 Å². The second-order valence-electron chi connectivity index (χ2n) is 6.74. The van der Waals surface area contributed by atoms with Gasteiger partial charge in [0.2, 0.25) is 0 Å². The number of fused-ring (bicyclic) bond motifs is 1. The van der Waals surface area contributed by atoms with Gasteiger partial charge in [0.05, 0.1) is 26.5 Å². The van der Waals surface area contributed by atoms with Crippen LogP contribution in [0.25, 0.3) is 11.2 Å². The first-order chi connectivity index (χ1) is 13.0. The number of hydrogen-bond acceptors (Lipinski definition) is 5. The quantitative estimate of drug-likeness (QED) is 0.568. The molecule has 0 spiro atoms. The number of ether oxygens (including phenoxy) is 2. The lowest BCUT2D eigenvalue weighted by atomic mass is 10.2. The van der Waals surface area contributed by atoms with Crippen LogP contribution in [0, 0.1) is 0 Å². The minimum absolute atomic E-state index is 0.00702. The van der Waals surface area contributed by atoms with Gasteiger partial charge in [-0.1, -0.05) is 25.5 Å². The summed E-state index contributed by atoms with van der Waals surface area (Å²) in [6.07, 6.45) is 3.65. The van der Waals surface area contributed by atoms with Crippen molar-refractivity contribution in [3.05, 3.63) is 46.5 Å². The zero-order valence-electron chi connectivity index (χ0n) is 16.3. The van der Waals surface area contributed by atoms with Crippen LogP contribution < -0.4 is 15.2 Å². The Kier molecular flexibility index (Phi) is 5.78. The highest BCUT2D eigenvalue weighted by atomic mass is 16.5. The maximum Gasteiger partial charge on any atom is 0.330 e. The minimum Gasteiger partial charge on any atom is -0.497 e. The highest BCUT2D eigenvalue weighted by molar-refractivity contribution is 5.71. The number of unbranched alkanes of at least 4 members (excludes halogenated alkanes) is 1. The van der Waals surface area contributed by atoms with Crippen LogP contribution in [-0.4, -0.2) is 32.8 Å². The van der Waals surface area contributed by atoms with E-state index in [-0.39, 0.29) is 11.7 Å². The van der Waals surface area contributed by atoms with Gasteiger partial charge in [0.25, 0.3) is 0 Å². The molecule has 2 aromatic heterocycles. The van der Waals surface area contributed by atoms with Crippen molar-refractivity contribution in [1.82, 2.24) is 19.1 Å². The molecule has 0 unspecified atom stereocenters. The monoisotopic (exact) mass is 370 g/mol. The molecule has 0 radical (unpaired) electrons. The van der Waals surface area contributed by atoms with E-state index in [0.717, 1.165) is 24.2 Å². The van der Waals surface area contributed by atoms with Gasteiger partial charge in [-0.2, -0.15) is 4.98 Å². The molecule has 0 aliphatic rings. The number of rotatable bonds is 8. The molecule has 0 fully saturated rings. The average Bonchev–Trinajstić information content (AvgIpc) is 2.94. The first-order valence-corrected chi connectivity index (χ1v) is 9.28. The molecule has 0 atom stereocenters. The van der Waals surface area contributed by atoms with Gasteiger partial charge in [-0.3, -0.25) is 9.13 Å². The number of benzene rings is 1. The number of methoxy groups -OCH3 is 1. The highest BCUT2D eigenvalue weighted by Gasteiger charge is 2.18. The Morgan fingerprint density at radius 1 is 1.19 bits per heavy atom. The van der Waals surface area contributed by atoms with Gasteiger partial charge in [-0.05, 0) is 38.0 Å². The standard InChI is InChI=1S/C20H26N4O3/c1-5-6-11-27-19-21-12-17-18(22-19)23(20(25)24(17)14(2)3)13-15-7-9-16(26-4)10-8-15/h7-10,12,14H,5-6,11,13H2,1-4H3. The van der Waals surface area contributed by atoms with E-state index in [2.05, 4.69) is 16.9 Å². The van der Waals surface area contributed by atoms with Crippen LogP contribution in [0.2, 0.25) is 0 Å². The van der Waals surface area contributed by atoms with E-state index in [1.54, 1.807) is 22.4 Å². The van der Waals surface area contributed by atoms with Crippen molar-refractivity contribution < 1.29 is 9.47 Å². The normalized spacial score (nSPS) is 11.3. The van der Waals surface area contributed by atoms with Gasteiger partial charge in [-0.25, -0.2) is 9.78 Å². The fraction of sp³-hybridized carbons (Fsp3) is 0.450. The maximum atomic E-state index is 13.0. The third-order valence-corrected chi connectivity index (χ3v) is 4.43. The van der Waals surface area contributed by atoms with Crippen molar-refractivity contribution in [2.75, 3.05) is 13.7 Å². The van der Waals surface area contributed by atoms with Gasteiger partial charge >= 0.3 is 11.7 Å². The second-order valence-corrected chi connectivity index (χ2v) is 6.74. The largest absolute Gasteiger partial charge is 0.497 e. The lowest BCUT2D eigenvalue weighted by Gasteiger charge is -2.06. The smallest absolute Gasteiger partial charge is 0.330 e. The van der Waals surface area contributed by atoms with Crippen molar-refractivity contribution in [2.24, 2.45) is 0 Å². The topological polar surface area (TPSA) is 71.2 Å². The van der Waals surface area contributed by atoms with E-state index in [1.807, 2.05) is 38.1 Å². The van der Waals surface area contributed by atoms with Crippen molar-refractivity contribution in [2.45, 2.75) is 46.2 Å². The summed E-state index contributed by atoms with van der Waals surface area (Å²) in [5.74, 6) is 0.782. The zero-order valence-corrected chi connectivity index (χ0v) is 16.3. The Morgan fingerprint density at radius 2 is 1.93 bits per heavy atom. The summed E-state index contributed by atoms with van der Waals surface area (Å²) in [6, 6.07) is 7.98. The minimum atomic E-state index is -0.101. The first-order valence-electron chi connectivity index (χ1n) is 9.28. The number of imidazole rings is 1. The Hall–Kier alpha value is -2.83. The molecule has 3 rings (SSSR count). The molecule has 27 heavy (non-hydrogen) atoms. The molecule has 7 nitrogen and oxygen atoms in total. The first kappa shape index (κ1) is 18.9. The van der Waals surface area contributed by atoms with Crippen molar-refractivity contribution in [3.8, 4) is 11.8 Å². The fourth-order valence-corrected chi connectivity index (χ4v) is 2.98. The molecule has 0 amide bonds. The highest BCUT2D eigenvalue weighted by Crippen LogP contribution is 2.19. The number of hydrogen-bond donors (Lipinski definition) is 0. The van der Waals surface area contributed by atoms with Crippen LogP contribution in [0.3, 0.4) is 0 Å². The van der Waals surface area contributed by atoms with E-state index in [9.17, 15) is 4.79 Å². The van der Waals surface area contributed by atoms with Gasteiger partial charge in [0.1, 0.15) is 11.3 Å². The van der Waals surface area contributed by atoms with Crippen LogP contribution in [-0.2, 0) is 6.54 Å². The summed E-state index contributed by atoms with van der Waals surface area (Å²) < 4.78 is 14.2. The second kappa shape index (κ2) is 8.24. The molecule has 7 heteroatoms. The van der Waals surface area contributed by atoms with E-state index < -0.39 is 0 Å². The van der Waals surface area contributed by atoms with Gasteiger partial charge in [-0.15, -0.1) is 0 Å². The summed E-state index contributed by atoms with van der Waals surface area (Å²) in [5.41, 5.74) is 2.20. The molecular formula is C20H26N4O3. The van der Waals surface area contributed by atoms with E-state index >= 15 is 0 Å². The molecule has 2 heterocycles. The van der Waals surface area contributed by atoms with Gasteiger partial charge in [0.15, 0.2) is 5.65 Å². The molecule has 0 aliphatic heterocycles. The maximum absolute atomic E-state index is 13.0. The fourth-order valence-electron chi connectivity index (χ4n) is 2.98. The van der Waals surface area contributed by atoms with Crippen LogP contribution in [0.15, 0.2) is 35.3 Å². The Morgan fingerprint density at radius 3 is 2.56 bits per heavy atom. The van der Waals surface area contributed by atoms with Crippen LogP contribution in [0.1, 0.15) is 45.2 Å². The predicted octanol–water partition coefficient (Wildman–Crippen LogP) is 3.41. The summed E-state index contributed by atoms with van der Waals surface area (Å²) in [5, 5.41) is 0. The van der Waals surface area contributed by atoms with E-state index in [0.29, 0.717) is 30.3 Å². The molecule has 0 bridgehead atoms. The van der Waals surface area contributed by atoms with Gasteiger partial charge < -0.3 is 9.47 Å². The van der Waals surface area contributed by atoms with E-state index in [4.69, 9.17) is 9.47 Å². The van der Waals surface area contributed by atoms with Crippen LogP contribution >= 0.6 is 0 Å². The third-order valence-electron chi connectivity index (χ3n) is 4.43. The summed E-state index contributed by atoms with van der Waals surface area (Å²) in [4.78, 5) is 21.8. The van der Waals surface area contributed by atoms with E-state index in [1.165, 1.54) is 0 Å². The molecule has 144 valence electrons. The lowest BCUT2D eigenvalue weighted by Crippen LogP contribution is -2.26. The summed E-state index contributed by atoms with van der Waals surface area (Å²) >= 11 is 0. The van der Waals surface area contributed by atoms with Crippen molar-refractivity contribution in [1.29, 1.82) is 0 Å². The molecule has 0 aliphatic carbocycles. The third kappa shape index (κ3) is 3.97. The molecule has 1 aromatic carbocycles. The SMILES string of the molecule is CCCCOc1ncc2c(n1)n(Cc1ccc(OC)cc1)c(=O)n2C(C)C. The Bertz CT molecular complexity index is 958. The van der Waals surface area contributed by atoms with Crippen molar-refractivity contribution in [3.63, 3.8) is 0 Å². The predicted molar refractivity (Wildman–Crippen MR) is 105 cm³/mol. The number of nitrogens with zero attached hydrogens (tertiary/aromatic N) is 4. The van der Waals surface area contributed by atoms with Gasteiger partial charge in [0, 0.05) is 6.04 Å². The molecule has 0 saturated heterocycles. The molecule has 0 N–H and O–H groups in total. The van der Waals surface area contributed by atoms with Crippen LogP contribution in [0.4, 0.5) is 0 Å². The van der Waals surface area contributed by atoms with Crippen LogP contribution in [0.5, 0.6) is 11.8 Å².